The van der Waals surface area contributed by atoms with Gasteiger partial charge >= 0.3 is 0 Å². The maximum absolute atomic E-state index is 8.69. The van der Waals surface area contributed by atoms with Crippen LogP contribution in [0.15, 0.2) is 5.16 Å². The van der Waals surface area contributed by atoms with Gasteiger partial charge in [-0.05, 0) is 43.9 Å². The van der Waals surface area contributed by atoms with E-state index in [-0.39, 0.29) is 0 Å². The number of nitrogens with two attached hydrogens (primary N) is 1. The van der Waals surface area contributed by atoms with Crippen LogP contribution in [0.2, 0.25) is 0 Å². The Morgan fingerprint density at radius 3 is 2.18 bits per heavy atom. The highest BCUT2D eigenvalue weighted by Crippen LogP contribution is 2.35. The van der Waals surface area contributed by atoms with Crippen molar-refractivity contribution in [3.05, 3.63) is 0 Å². The van der Waals surface area contributed by atoms with Crippen LogP contribution < -0.4 is 5.73 Å². The molecule has 0 spiro atoms. The quantitative estimate of drug-likeness (QED) is 0.295. The Labute approximate surface area is 104 Å². The summed E-state index contributed by atoms with van der Waals surface area (Å²) in [5, 5.41) is 11.8. The van der Waals surface area contributed by atoms with Crippen LogP contribution in [-0.4, -0.2) is 35.1 Å². The molecule has 0 heterocycles. The zero-order chi connectivity index (χ0) is 12.3. The van der Waals surface area contributed by atoms with E-state index in [1.165, 1.54) is 38.8 Å². The summed E-state index contributed by atoms with van der Waals surface area (Å²) in [6.07, 6.45) is 7.34. The predicted molar refractivity (Wildman–Crippen MR) is 69.1 cm³/mol. The molecule has 0 bridgehead atoms. The molecule has 0 aliphatic heterocycles. The normalized spacial score (nSPS) is 23.1. The molecule has 1 unspecified atom stereocenters. The van der Waals surface area contributed by atoms with Crippen molar-refractivity contribution in [3.8, 4) is 0 Å². The van der Waals surface area contributed by atoms with Crippen molar-refractivity contribution >= 4 is 5.84 Å². The molecule has 2 fully saturated rings. The minimum absolute atomic E-state index is 0.369. The van der Waals surface area contributed by atoms with Crippen LogP contribution in [0.3, 0.4) is 0 Å². The molecule has 2 rings (SSSR count). The van der Waals surface area contributed by atoms with E-state index >= 15 is 0 Å². The van der Waals surface area contributed by atoms with Gasteiger partial charge in [0.25, 0.3) is 0 Å². The average molecular weight is 239 g/mol. The van der Waals surface area contributed by atoms with E-state index in [0.717, 1.165) is 18.3 Å². The van der Waals surface area contributed by atoms with Crippen molar-refractivity contribution < 1.29 is 5.21 Å². The third-order valence-corrected chi connectivity index (χ3v) is 3.94. The highest BCUT2D eigenvalue weighted by atomic mass is 16.4. The lowest BCUT2D eigenvalue weighted by molar-refractivity contribution is 0.177. The first-order chi connectivity index (χ1) is 8.22. The van der Waals surface area contributed by atoms with Crippen LogP contribution in [0, 0.1) is 11.8 Å². The third kappa shape index (κ3) is 4.19. The second-order valence-electron chi connectivity index (χ2n) is 5.70. The monoisotopic (exact) mass is 239 g/mol. The van der Waals surface area contributed by atoms with Gasteiger partial charge < -0.3 is 10.9 Å². The van der Waals surface area contributed by atoms with Gasteiger partial charge in [-0.25, -0.2) is 0 Å². The van der Waals surface area contributed by atoms with Crippen molar-refractivity contribution in [1.29, 1.82) is 0 Å². The Morgan fingerprint density at radius 2 is 1.82 bits per heavy atom. The molecule has 0 radical (unpaired) electrons. The van der Waals surface area contributed by atoms with Crippen LogP contribution in [0.5, 0.6) is 0 Å². The first kappa shape index (κ1) is 12.7. The molecule has 0 saturated heterocycles. The number of amidine groups is 1. The fourth-order valence-electron chi connectivity index (χ4n) is 2.45. The van der Waals surface area contributed by atoms with E-state index in [4.69, 9.17) is 10.9 Å². The summed E-state index contributed by atoms with van der Waals surface area (Å²) in [7, 11) is 0. The molecule has 4 nitrogen and oxygen atoms in total. The van der Waals surface area contributed by atoms with Gasteiger partial charge in [-0.2, -0.15) is 0 Å². The van der Waals surface area contributed by atoms with Crippen molar-refractivity contribution in [3.63, 3.8) is 0 Å². The molecule has 0 aromatic carbocycles. The highest BCUT2D eigenvalue weighted by molar-refractivity contribution is 5.80. The summed E-state index contributed by atoms with van der Waals surface area (Å²) in [6.45, 7) is 4.63. The molecule has 98 valence electrons. The highest BCUT2D eigenvalue weighted by Gasteiger charge is 2.32. The molecule has 3 N–H and O–H groups in total. The molecular formula is C13H25N3O. The van der Waals surface area contributed by atoms with E-state index in [1.807, 2.05) is 0 Å². The Balaban J connectivity index is 1.88. The summed E-state index contributed by atoms with van der Waals surface area (Å²) in [5.41, 5.74) is 5.65. The Hall–Kier alpha value is -0.770. The topological polar surface area (TPSA) is 61.9 Å². The summed E-state index contributed by atoms with van der Waals surface area (Å²) in [4.78, 5) is 2.59. The summed E-state index contributed by atoms with van der Waals surface area (Å²) in [5.74, 6) is 2.19. The van der Waals surface area contributed by atoms with Crippen LogP contribution >= 0.6 is 0 Å². The van der Waals surface area contributed by atoms with Gasteiger partial charge in [0.1, 0.15) is 5.84 Å². The molecule has 0 aromatic rings. The third-order valence-electron chi connectivity index (χ3n) is 3.94. The first-order valence-corrected chi connectivity index (χ1v) is 6.93. The van der Waals surface area contributed by atoms with Gasteiger partial charge in [-0.3, -0.25) is 4.90 Å². The zero-order valence-electron chi connectivity index (χ0n) is 10.8. The van der Waals surface area contributed by atoms with E-state index in [9.17, 15) is 0 Å². The van der Waals surface area contributed by atoms with Crippen LogP contribution in [-0.2, 0) is 0 Å². The largest absolute Gasteiger partial charge is 0.409 e. The molecule has 4 heteroatoms. The maximum atomic E-state index is 8.69. The Morgan fingerprint density at radius 1 is 1.29 bits per heavy atom. The lowest BCUT2D eigenvalue weighted by Gasteiger charge is -2.31. The van der Waals surface area contributed by atoms with Crippen molar-refractivity contribution in [2.75, 3.05) is 13.1 Å². The van der Waals surface area contributed by atoms with E-state index < -0.39 is 0 Å². The van der Waals surface area contributed by atoms with Crippen LogP contribution in [0.25, 0.3) is 0 Å². The van der Waals surface area contributed by atoms with Crippen molar-refractivity contribution in [1.82, 2.24) is 4.90 Å². The van der Waals surface area contributed by atoms with E-state index in [2.05, 4.69) is 17.0 Å². The fraction of sp³-hybridized carbons (Fsp3) is 0.923. The number of hydrogen-bond donors (Lipinski definition) is 2. The second kappa shape index (κ2) is 5.71. The van der Waals surface area contributed by atoms with Gasteiger partial charge in [-0.1, -0.05) is 12.1 Å². The van der Waals surface area contributed by atoms with Gasteiger partial charge in [-0.15, -0.1) is 0 Å². The molecule has 1 atom stereocenters. The summed E-state index contributed by atoms with van der Waals surface area (Å²) in [6, 6.07) is 0.451. The number of hydrogen-bond acceptors (Lipinski definition) is 3. The Kier molecular flexibility index (Phi) is 4.26. The van der Waals surface area contributed by atoms with E-state index in [0.29, 0.717) is 18.3 Å². The van der Waals surface area contributed by atoms with Crippen molar-refractivity contribution in [2.24, 2.45) is 22.7 Å². The minimum atomic E-state index is 0.369. The minimum Gasteiger partial charge on any atom is -0.409 e. The van der Waals surface area contributed by atoms with Gasteiger partial charge in [0.2, 0.25) is 0 Å². The number of oxime groups is 1. The standard InChI is InChI=1S/C13H25N3O/c1-2-12(7-13(14)15-17)16(8-10-3-4-10)9-11-5-6-11/h10-12,17H,2-9H2,1H3,(H2,14,15). The Bertz CT molecular complexity index is 258. The number of nitrogens with zero attached hydrogens (tertiary/aromatic N) is 2. The fourth-order valence-corrected chi connectivity index (χ4v) is 2.45. The second-order valence-corrected chi connectivity index (χ2v) is 5.70. The first-order valence-electron chi connectivity index (χ1n) is 6.93. The SMILES string of the molecule is CCC(CC(N)=NO)N(CC1CC1)CC1CC1. The molecular weight excluding hydrogens is 214 g/mol. The van der Waals surface area contributed by atoms with Gasteiger partial charge in [0.15, 0.2) is 0 Å². The molecule has 2 aliphatic carbocycles. The van der Waals surface area contributed by atoms with Crippen LogP contribution in [0.4, 0.5) is 0 Å². The molecule has 0 amide bonds. The summed E-state index contributed by atoms with van der Waals surface area (Å²) >= 11 is 0. The zero-order valence-corrected chi connectivity index (χ0v) is 10.8. The smallest absolute Gasteiger partial charge is 0.140 e. The van der Waals surface area contributed by atoms with Gasteiger partial charge in [0.05, 0.1) is 0 Å². The maximum Gasteiger partial charge on any atom is 0.140 e. The lowest BCUT2D eigenvalue weighted by Crippen LogP contribution is -2.40. The van der Waals surface area contributed by atoms with Gasteiger partial charge in [0, 0.05) is 25.6 Å². The summed E-state index contributed by atoms with van der Waals surface area (Å²) < 4.78 is 0. The molecule has 17 heavy (non-hydrogen) atoms. The molecule has 2 saturated carbocycles. The van der Waals surface area contributed by atoms with E-state index in [1.54, 1.807) is 0 Å². The number of rotatable bonds is 8. The molecule has 2 aliphatic rings. The molecule has 0 aromatic heterocycles. The predicted octanol–water partition coefficient (Wildman–Crippen LogP) is 2.02. The van der Waals surface area contributed by atoms with Crippen LogP contribution in [0.1, 0.15) is 45.4 Å². The lowest BCUT2D eigenvalue weighted by atomic mass is 10.1. The average Bonchev–Trinajstić information content (AvgIpc) is 3.19. The van der Waals surface area contributed by atoms with Crippen molar-refractivity contribution in [2.45, 2.75) is 51.5 Å².